The van der Waals surface area contributed by atoms with Gasteiger partial charge >= 0.3 is 0 Å². The number of aryl methyl sites for hydroxylation is 2. The third kappa shape index (κ3) is 4.22. The number of ether oxygens (including phenoxy) is 1. The van der Waals surface area contributed by atoms with Gasteiger partial charge in [-0.25, -0.2) is 0 Å². The standard InChI is InChI=1S/C22H29N3O3/c1-15-19(16(2)28-24-15)14-27-18-9-7-17(8-10-18)13-25-12-11-20-21(25)5-3-4-6-22(26)23-20/h7-10,20-21H,3-6,11-14H2,1-2H3,(H,23,26)/t20-,21+/m0/s1. The molecule has 28 heavy (non-hydrogen) atoms. The van der Waals surface area contributed by atoms with E-state index in [1.165, 1.54) is 12.0 Å². The van der Waals surface area contributed by atoms with Crippen LogP contribution in [0.1, 0.15) is 54.7 Å². The normalized spacial score (nSPS) is 23.0. The number of carbonyl (C=O) groups is 1. The molecule has 1 N–H and O–H groups in total. The van der Waals surface area contributed by atoms with Gasteiger partial charge < -0.3 is 14.6 Å². The minimum Gasteiger partial charge on any atom is -0.489 e. The lowest BCUT2D eigenvalue weighted by molar-refractivity contribution is -0.122. The first kappa shape index (κ1) is 19.0. The van der Waals surface area contributed by atoms with Crippen molar-refractivity contribution >= 4 is 5.91 Å². The van der Waals surface area contributed by atoms with Crippen LogP contribution in [0.3, 0.4) is 0 Å². The van der Waals surface area contributed by atoms with Gasteiger partial charge in [0.1, 0.15) is 18.1 Å². The summed E-state index contributed by atoms with van der Waals surface area (Å²) in [5, 5.41) is 7.19. The lowest BCUT2D eigenvalue weighted by Gasteiger charge is -2.30. The first-order chi connectivity index (χ1) is 13.6. The number of nitrogens with one attached hydrogen (secondary N) is 1. The molecule has 2 atom stereocenters. The van der Waals surface area contributed by atoms with Crippen LogP contribution in [0.25, 0.3) is 0 Å². The summed E-state index contributed by atoms with van der Waals surface area (Å²) in [7, 11) is 0. The van der Waals surface area contributed by atoms with Gasteiger partial charge in [-0.1, -0.05) is 23.7 Å². The molecule has 0 saturated carbocycles. The molecule has 3 heterocycles. The molecule has 2 fully saturated rings. The SMILES string of the molecule is Cc1noc(C)c1COc1ccc(CN2CC[C@@H]3NC(=O)CCCC[C@H]32)cc1. The van der Waals surface area contributed by atoms with Crippen molar-refractivity contribution in [3.8, 4) is 5.75 Å². The zero-order chi connectivity index (χ0) is 19.5. The van der Waals surface area contributed by atoms with E-state index in [2.05, 4.69) is 27.5 Å². The van der Waals surface area contributed by atoms with Crippen LogP contribution in [0.4, 0.5) is 0 Å². The lowest BCUT2D eigenvalue weighted by atomic mass is 9.98. The van der Waals surface area contributed by atoms with Crippen LogP contribution < -0.4 is 10.1 Å². The molecule has 6 heteroatoms. The highest BCUT2D eigenvalue weighted by atomic mass is 16.5. The molecule has 0 aliphatic carbocycles. The van der Waals surface area contributed by atoms with Crippen molar-refractivity contribution in [1.82, 2.24) is 15.4 Å². The van der Waals surface area contributed by atoms with Crippen LogP contribution in [-0.4, -0.2) is 34.6 Å². The van der Waals surface area contributed by atoms with Crippen LogP contribution in [-0.2, 0) is 17.9 Å². The van der Waals surface area contributed by atoms with Crippen molar-refractivity contribution in [2.75, 3.05) is 6.54 Å². The highest BCUT2D eigenvalue weighted by Gasteiger charge is 2.35. The number of rotatable bonds is 5. The van der Waals surface area contributed by atoms with Gasteiger partial charge in [-0.3, -0.25) is 9.69 Å². The van der Waals surface area contributed by atoms with E-state index in [-0.39, 0.29) is 5.91 Å². The maximum atomic E-state index is 11.9. The number of carbonyl (C=O) groups excluding carboxylic acids is 1. The molecule has 6 nitrogen and oxygen atoms in total. The molecule has 1 amide bonds. The van der Waals surface area contributed by atoms with Crippen LogP contribution in [0, 0.1) is 13.8 Å². The number of fused-ring (bicyclic) bond motifs is 1. The molecule has 1 aromatic carbocycles. The van der Waals surface area contributed by atoms with E-state index in [1.54, 1.807) is 0 Å². The summed E-state index contributed by atoms with van der Waals surface area (Å²) in [5.41, 5.74) is 3.17. The third-order valence-electron chi connectivity index (χ3n) is 6.03. The summed E-state index contributed by atoms with van der Waals surface area (Å²) in [4.78, 5) is 14.4. The van der Waals surface area contributed by atoms with Gasteiger partial charge in [0.25, 0.3) is 0 Å². The molecule has 0 spiro atoms. The fraction of sp³-hybridized carbons (Fsp3) is 0.545. The highest BCUT2D eigenvalue weighted by Crippen LogP contribution is 2.27. The van der Waals surface area contributed by atoms with Crippen molar-refractivity contribution < 1.29 is 14.1 Å². The maximum Gasteiger partial charge on any atom is 0.220 e. The molecule has 4 rings (SSSR count). The number of hydrogen-bond acceptors (Lipinski definition) is 5. The van der Waals surface area contributed by atoms with Gasteiger partial charge in [-0.2, -0.15) is 0 Å². The van der Waals surface area contributed by atoms with E-state index in [9.17, 15) is 4.79 Å². The molecule has 0 bridgehead atoms. The first-order valence-corrected chi connectivity index (χ1v) is 10.3. The largest absolute Gasteiger partial charge is 0.489 e. The van der Waals surface area contributed by atoms with Crippen molar-refractivity contribution in [3.05, 3.63) is 46.8 Å². The fourth-order valence-corrected chi connectivity index (χ4v) is 4.37. The Labute approximate surface area is 166 Å². The number of amides is 1. The van der Waals surface area contributed by atoms with E-state index < -0.39 is 0 Å². The molecule has 1 aromatic heterocycles. The predicted molar refractivity (Wildman–Crippen MR) is 106 cm³/mol. The molecular formula is C22H29N3O3. The number of likely N-dealkylation sites (tertiary alicyclic amines) is 1. The topological polar surface area (TPSA) is 67.6 Å². The summed E-state index contributed by atoms with van der Waals surface area (Å²) in [6.45, 7) is 6.26. The molecule has 0 unspecified atom stereocenters. The summed E-state index contributed by atoms with van der Waals surface area (Å²) in [5.74, 6) is 1.88. The zero-order valence-electron chi connectivity index (χ0n) is 16.7. The smallest absolute Gasteiger partial charge is 0.220 e. The minimum atomic E-state index is 0.219. The average Bonchev–Trinajstić information content (AvgIpc) is 3.19. The molecular weight excluding hydrogens is 354 g/mol. The summed E-state index contributed by atoms with van der Waals surface area (Å²) in [6.07, 6.45) is 5.04. The van der Waals surface area contributed by atoms with Crippen LogP contribution >= 0.6 is 0 Å². The monoisotopic (exact) mass is 383 g/mol. The molecule has 2 aliphatic rings. The van der Waals surface area contributed by atoms with Gasteiger partial charge in [-0.15, -0.1) is 0 Å². The van der Waals surface area contributed by atoms with E-state index in [4.69, 9.17) is 9.26 Å². The highest BCUT2D eigenvalue weighted by molar-refractivity contribution is 5.76. The quantitative estimate of drug-likeness (QED) is 0.856. The Hall–Kier alpha value is -2.34. The minimum absolute atomic E-state index is 0.219. The lowest BCUT2D eigenvalue weighted by Crippen LogP contribution is -2.45. The van der Waals surface area contributed by atoms with Crippen molar-refractivity contribution in [2.45, 2.75) is 71.2 Å². The molecule has 2 saturated heterocycles. The Morgan fingerprint density at radius 1 is 1.21 bits per heavy atom. The Balaban J connectivity index is 1.34. The maximum absolute atomic E-state index is 11.9. The van der Waals surface area contributed by atoms with Crippen LogP contribution in [0.2, 0.25) is 0 Å². The average molecular weight is 383 g/mol. The summed E-state index contributed by atoms with van der Waals surface area (Å²) >= 11 is 0. The summed E-state index contributed by atoms with van der Waals surface area (Å²) in [6, 6.07) is 9.10. The van der Waals surface area contributed by atoms with Gasteiger partial charge in [0.05, 0.1) is 11.3 Å². The number of benzene rings is 1. The number of nitrogens with zero attached hydrogens (tertiary/aromatic N) is 2. The number of aromatic nitrogens is 1. The Morgan fingerprint density at radius 2 is 2.04 bits per heavy atom. The molecule has 150 valence electrons. The van der Waals surface area contributed by atoms with E-state index in [0.29, 0.717) is 25.1 Å². The van der Waals surface area contributed by atoms with Crippen molar-refractivity contribution in [1.29, 1.82) is 0 Å². The first-order valence-electron chi connectivity index (χ1n) is 10.3. The predicted octanol–water partition coefficient (Wildman–Crippen LogP) is 3.50. The fourth-order valence-electron chi connectivity index (χ4n) is 4.37. The van der Waals surface area contributed by atoms with Crippen molar-refractivity contribution in [3.63, 3.8) is 0 Å². The van der Waals surface area contributed by atoms with Crippen LogP contribution in [0.15, 0.2) is 28.8 Å². The van der Waals surface area contributed by atoms with Gasteiger partial charge in [0.2, 0.25) is 5.91 Å². The molecule has 2 aliphatic heterocycles. The second-order valence-corrected chi connectivity index (χ2v) is 7.98. The van der Waals surface area contributed by atoms with Gasteiger partial charge in [0, 0.05) is 31.6 Å². The zero-order valence-corrected chi connectivity index (χ0v) is 16.7. The second-order valence-electron chi connectivity index (χ2n) is 7.98. The van der Waals surface area contributed by atoms with Gasteiger partial charge in [-0.05, 0) is 50.8 Å². The Kier molecular flexibility index (Phi) is 5.67. The molecule has 0 radical (unpaired) electrons. The van der Waals surface area contributed by atoms with E-state index in [0.717, 1.165) is 55.1 Å². The number of hydrogen-bond donors (Lipinski definition) is 1. The van der Waals surface area contributed by atoms with Crippen molar-refractivity contribution in [2.24, 2.45) is 0 Å². The van der Waals surface area contributed by atoms with Gasteiger partial charge in [0.15, 0.2) is 0 Å². The molecule has 2 aromatic rings. The second kappa shape index (κ2) is 8.35. The summed E-state index contributed by atoms with van der Waals surface area (Å²) < 4.78 is 11.1. The van der Waals surface area contributed by atoms with E-state index in [1.807, 2.05) is 26.0 Å². The van der Waals surface area contributed by atoms with Crippen LogP contribution in [0.5, 0.6) is 5.75 Å². The van der Waals surface area contributed by atoms with E-state index >= 15 is 0 Å². The Bertz CT molecular complexity index is 795. The third-order valence-corrected chi connectivity index (χ3v) is 6.03. The Morgan fingerprint density at radius 3 is 2.79 bits per heavy atom.